The lowest BCUT2D eigenvalue weighted by atomic mass is 9.84. The highest BCUT2D eigenvalue weighted by molar-refractivity contribution is 7.10. The molecule has 2 heterocycles. The summed E-state index contributed by atoms with van der Waals surface area (Å²) in [6.45, 7) is 4.40. The Balaban J connectivity index is 2.13. The van der Waals surface area contributed by atoms with E-state index in [2.05, 4.69) is 19.2 Å². The van der Waals surface area contributed by atoms with Crippen molar-refractivity contribution in [1.29, 1.82) is 0 Å². The fourth-order valence-electron chi connectivity index (χ4n) is 2.69. The SMILES string of the molecule is CC(C)CC1(Cc2cc(Cl)cs2)CCC(=O)N1. The van der Waals surface area contributed by atoms with Crippen LogP contribution in [-0.2, 0) is 11.2 Å². The molecule has 94 valence electrons. The second-order valence-electron chi connectivity index (χ2n) is 5.33. The number of carbonyl (C=O) groups excluding carboxylic acids is 1. The fraction of sp³-hybridized carbons (Fsp3) is 0.615. The number of carbonyl (C=O) groups is 1. The van der Waals surface area contributed by atoms with E-state index >= 15 is 0 Å². The Morgan fingerprint density at radius 2 is 2.35 bits per heavy atom. The van der Waals surface area contributed by atoms with Gasteiger partial charge in [0.05, 0.1) is 5.02 Å². The lowest BCUT2D eigenvalue weighted by Crippen LogP contribution is -2.44. The Morgan fingerprint density at radius 1 is 1.59 bits per heavy atom. The third kappa shape index (κ3) is 3.23. The second kappa shape index (κ2) is 4.99. The summed E-state index contributed by atoms with van der Waals surface area (Å²) in [6, 6.07) is 2.01. The molecule has 4 heteroatoms. The predicted octanol–water partition coefficient (Wildman–Crippen LogP) is 3.64. The van der Waals surface area contributed by atoms with Gasteiger partial charge >= 0.3 is 0 Å². The van der Waals surface area contributed by atoms with Crippen LogP contribution in [0.5, 0.6) is 0 Å². The number of nitrogens with one attached hydrogen (secondary N) is 1. The standard InChI is InChI=1S/C13H18ClNOS/c1-9(2)6-13(4-3-12(16)15-13)7-11-5-10(14)8-17-11/h5,8-9H,3-4,6-7H2,1-2H3,(H,15,16). The van der Waals surface area contributed by atoms with Crippen LogP contribution in [0.25, 0.3) is 0 Å². The van der Waals surface area contributed by atoms with Gasteiger partial charge < -0.3 is 5.32 Å². The molecular weight excluding hydrogens is 254 g/mol. The first-order valence-electron chi connectivity index (χ1n) is 6.03. The molecular formula is C13H18ClNOS. The van der Waals surface area contributed by atoms with E-state index in [4.69, 9.17) is 11.6 Å². The lowest BCUT2D eigenvalue weighted by molar-refractivity contribution is -0.119. The van der Waals surface area contributed by atoms with Gasteiger partial charge in [-0.1, -0.05) is 25.4 Å². The van der Waals surface area contributed by atoms with Gasteiger partial charge in [-0.15, -0.1) is 11.3 Å². The van der Waals surface area contributed by atoms with Crippen molar-refractivity contribution in [2.45, 2.75) is 45.1 Å². The molecule has 1 amide bonds. The fourth-order valence-corrected chi connectivity index (χ4v) is 3.91. The van der Waals surface area contributed by atoms with E-state index in [1.807, 2.05) is 11.4 Å². The van der Waals surface area contributed by atoms with Gasteiger partial charge in [0.1, 0.15) is 0 Å². The van der Waals surface area contributed by atoms with Crippen molar-refractivity contribution in [3.8, 4) is 0 Å². The van der Waals surface area contributed by atoms with Gasteiger partial charge in [-0.2, -0.15) is 0 Å². The Morgan fingerprint density at radius 3 is 2.82 bits per heavy atom. The summed E-state index contributed by atoms with van der Waals surface area (Å²) in [5.41, 5.74) is -0.0422. The van der Waals surface area contributed by atoms with E-state index in [1.165, 1.54) is 4.88 Å². The van der Waals surface area contributed by atoms with Crippen LogP contribution < -0.4 is 5.32 Å². The van der Waals surface area contributed by atoms with E-state index in [1.54, 1.807) is 11.3 Å². The Labute approximate surface area is 111 Å². The maximum atomic E-state index is 11.5. The highest BCUT2D eigenvalue weighted by Crippen LogP contribution is 2.33. The van der Waals surface area contributed by atoms with Crippen LogP contribution in [0.15, 0.2) is 11.4 Å². The smallest absolute Gasteiger partial charge is 0.220 e. The highest BCUT2D eigenvalue weighted by atomic mass is 35.5. The van der Waals surface area contributed by atoms with E-state index < -0.39 is 0 Å². The van der Waals surface area contributed by atoms with Gasteiger partial charge in [-0.3, -0.25) is 4.79 Å². The molecule has 17 heavy (non-hydrogen) atoms. The maximum absolute atomic E-state index is 11.5. The number of thiophene rings is 1. The van der Waals surface area contributed by atoms with Crippen molar-refractivity contribution in [3.05, 3.63) is 21.3 Å². The summed E-state index contributed by atoms with van der Waals surface area (Å²) in [6.07, 6.45) is 3.55. The quantitative estimate of drug-likeness (QED) is 0.890. The topological polar surface area (TPSA) is 29.1 Å². The molecule has 0 aliphatic carbocycles. The number of halogens is 1. The van der Waals surface area contributed by atoms with Gasteiger partial charge in [-0.05, 0) is 24.8 Å². The number of hydrogen-bond acceptors (Lipinski definition) is 2. The monoisotopic (exact) mass is 271 g/mol. The Bertz CT molecular complexity index is 415. The molecule has 0 saturated carbocycles. The van der Waals surface area contributed by atoms with Gasteiger partial charge in [0.15, 0.2) is 0 Å². The molecule has 1 fully saturated rings. The summed E-state index contributed by atoms with van der Waals surface area (Å²) in [4.78, 5) is 12.8. The molecule has 1 N–H and O–H groups in total. The van der Waals surface area contributed by atoms with Gasteiger partial charge in [0, 0.05) is 28.6 Å². The summed E-state index contributed by atoms with van der Waals surface area (Å²) in [5, 5.41) is 5.94. The average Bonchev–Trinajstić information content (AvgIpc) is 2.74. The zero-order valence-electron chi connectivity index (χ0n) is 10.3. The number of hydrogen-bond donors (Lipinski definition) is 1. The van der Waals surface area contributed by atoms with Crippen LogP contribution in [0.2, 0.25) is 5.02 Å². The number of rotatable bonds is 4. The molecule has 0 radical (unpaired) electrons. The summed E-state index contributed by atoms with van der Waals surface area (Å²) in [7, 11) is 0. The maximum Gasteiger partial charge on any atom is 0.220 e. The van der Waals surface area contributed by atoms with Crippen molar-refractivity contribution >= 4 is 28.8 Å². The Hall–Kier alpha value is -0.540. The van der Waals surface area contributed by atoms with Crippen molar-refractivity contribution in [3.63, 3.8) is 0 Å². The minimum Gasteiger partial charge on any atom is -0.350 e. The minimum atomic E-state index is -0.0422. The summed E-state index contributed by atoms with van der Waals surface area (Å²) >= 11 is 7.63. The largest absolute Gasteiger partial charge is 0.350 e. The molecule has 1 saturated heterocycles. The zero-order valence-corrected chi connectivity index (χ0v) is 11.8. The van der Waals surface area contributed by atoms with Crippen molar-refractivity contribution < 1.29 is 4.79 Å². The first kappa shape index (κ1) is 12.9. The van der Waals surface area contributed by atoms with Crippen LogP contribution in [0.3, 0.4) is 0 Å². The first-order valence-corrected chi connectivity index (χ1v) is 7.29. The highest BCUT2D eigenvalue weighted by Gasteiger charge is 2.38. The van der Waals surface area contributed by atoms with Gasteiger partial charge in [0.25, 0.3) is 0 Å². The van der Waals surface area contributed by atoms with E-state index in [-0.39, 0.29) is 11.4 Å². The molecule has 2 nitrogen and oxygen atoms in total. The molecule has 0 spiro atoms. The van der Waals surface area contributed by atoms with E-state index in [0.717, 1.165) is 24.3 Å². The van der Waals surface area contributed by atoms with Crippen LogP contribution in [0, 0.1) is 5.92 Å². The third-order valence-electron chi connectivity index (χ3n) is 3.17. The summed E-state index contributed by atoms with van der Waals surface area (Å²) in [5.74, 6) is 0.775. The molecule has 2 rings (SSSR count). The second-order valence-corrected chi connectivity index (χ2v) is 6.77. The molecule has 0 aromatic carbocycles. The van der Waals surface area contributed by atoms with Gasteiger partial charge in [-0.25, -0.2) is 0 Å². The molecule has 1 unspecified atom stereocenters. The van der Waals surface area contributed by atoms with Crippen LogP contribution in [0.1, 0.15) is 38.0 Å². The van der Waals surface area contributed by atoms with E-state index in [9.17, 15) is 4.79 Å². The van der Waals surface area contributed by atoms with Crippen LogP contribution >= 0.6 is 22.9 Å². The van der Waals surface area contributed by atoms with Gasteiger partial charge in [0.2, 0.25) is 5.91 Å². The van der Waals surface area contributed by atoms with Crippen molar-refractivity contribution in [1.82, 2.24) is 5.32 Å². The molecule has 0 bridgehead atoms. The summed E-state index contributed by atoms with van der Waals surface area (Å²) < 4.78 is 0. The molecule has 1 aromatic heterocycles. The van der Waals surface area contributed by atoms with E-state index in [0.29, 0.717) is 12.3 Å². The average molecular weight is 272 g/mol. The molecule has 1 aliphatic heterocycles. The zero-order chi connectivity index (χ0) is 12.5. The van der Waals surface area contributed by atoms with Crippen LogP contribution in [0.4, 0.5) is 0 Å². The Kier molecular flexibility index (Phi) is 3.79. The van der Waals surface area contributed by atoms with Crippen molar-refractivity contribution in [2.24, 2.45) is 5.92 Å². The normalized spacial score (nSPS) is 24.4. The van der Waals surface area contributed by atoms with Crippen LogP contribution in [-0.4, -0.2) is 11.4 Å². The predicted molar refractivity (Wildman–Crippen MR) is 72.6 cm³/mol. The molecule has 1 aromatic rings. The number of amides is 1. The van der Waals surface area contributed by atoms with Crippen molar-refractivity contribution in [2.75, 3.05) is 0 Å². The third-order valence-corrected chi connectivity index (χ3v) is 4.45. The molecule has 1 aliphatic rings. The minimum absolute atomic E-state index is 0.0422. The first-order chi connectivity index (χ1) is 7.99. The molecule has 1 atom stereocenters. The lowest BCUT2D eigenvalue weighted by Gasteiger charge is -2.30.